The molecule has 38 heavy (non-hydrogen) atoms. The number of carboxylic acid groups (broad SMARTS) is 1. The zero-order chi connectivity index (χ0) is 27.7. The van der Waals surface area contributed by atoms with E-state index in [0.29, 0.717) is 22.0 Å². The average Bonchev–Trinajstić information content (AvgIpc) is 3.09. The van der Waals surface area contributed by atoms with Crippen LogP contribution >= 0.6 is 34.8 Å². The molecule has 0 bridgehead atoms. The summed E-state index contributed by atoms with van der Waals surface area (Å²) in [5.41, 5.74) is 1.21. The number of methoxy groups -OCH3 is 1. The maximum atomic E-state index is 13.1. The van der Waals surface area contributed by atoms with E-state index in [-0.39, 0.29) is 38.3 Å². The molecule has 1 aliphatic heterocycles. The zero-order valence-electron chi connectivity index (χ0n) is 19.7. The molecular weight excluding hydrogens is 557 g/mol. The Labute approximate surface area is 231 Å². The molecule has 4 rings (SSSR count). The van der Waals surface area contributed by atoms with Gasteiger partial charge in [-0.2, -0.15) is 0 Å². The Morgan fingerprint density at radius 2 is 1.63 bits per heavy atom. The van der Waals surface area contributed by atoms with Crippen LogP contribution in [0, 0.1) is 6.92 Å². The third-order valence-corrected chi connectivity index (χ3v) is 6.75. The molecule has 194 valence electrons. The van der Waals surface area contributed by atoms with Crippen molar-refractivity contribution in [2.24, 2.45) is 0 Å². The summed E-state index contributed by atoms with van der Waals surface area (Å²) >= 11 is 18.4. The van der Waals surface area contributed by atoms with Crippen molar-refractivity contribution in [1.29, 1.82) is 0 Å². The van der Waals surface area contributed by atoms with Crippen molar-refractivity contribution in [1.82, 2.24) is 0 Å². The van der Waals surface area contributed by atoms with Gasteiger partial charge in [0.2, 0.25) is 0 Å². The Bertz CT molecular complexity index is 1540. The van der Waals surface area contributed by atoms with Crippen molar-refractivity contribution in [2.75, 3.05) is 22.6 Å². The first kappa shape index (κ1) is 27.0. The second-order valence-corrected chi connectivity index (χ2v) is 9.19. The Morgan fingerprint density at radius 1 is 0.947 bits per heavy atom. The minimum atomic E-state index is -1.48. The number of benzene rings is 3. The molecule has 0 aromatic heterocycles. The highest BCUT2D eigenvalue weighted by molar-refractivity contribution is 6.53. The second kappa shape index (κ2) is 10.7. The first-order valence-electron chi connectivity index (χ1n) is 10.8. The largest absolute Gasteiger partial charge is 0.545 e. The van der Waals surface area contributed by atoms with E-state index in [1.807, 2.05) is 0 Å². The number of ether oxygens (including phenoxy) is 1. The van der Waals surface area contributed by atoms with Crippen LogP contribution in [-0.2, 0) is 9.59 Å². The number of aromatic carboxylic acids is 1. The molecule has 3 aromatic rings. The topological polar surface area (TPSA) is 128 Å². The summed E-state index contributed by atoms with van der Waals surface area (Å²) in [6.07, 6.45) is 0. The van der Waals surface area contributed by atoms with E-state index in [0.717, 1.165) is 11.0 Å². The molecule has 0 spiro atoms. The van der Waals surface area contributed by atoms with E-state index in [2.05, 4.69) is 10.6 Å². The zero-order valence-corrected chi connectivity index (χ0v) is 22.0. The Kier molecular flexibility index (Phi) is 7.63. The first-order chi connectivity index (χ1) is 18.0. The smallest absolute Gasteiger partial charge is 0.283 e. The van der Waals surface area contributed by atoms with Crippen LogP contribution in [-0.4, -0.2) is 30.8 Å². The molecular formula is C26H17Cl3N3O6-. The molecule has 2 N–H and O–H groups in total. The third kappa shape index (κ3) is 5.04. The molecule has 9 nitrogen and oxygen atoms in total. The molecule has 3 amide bonds. The van der Waals surface area contributed by atoms with Crippen LogP contribution in [0.4, 0.5) is 17.1 Å². The molecule has 0 fully saturated rings. The van der Waals surface area contributed by atoms with Gasteiger partial charge in [0.05, 0.1) is 29.5 Å². The van der Waals surface area contributed by atoms with Gasteiger partial charge < -0.3 is 25.3 Å². The fourth-order valence-corrected chi connectivity index (χ4v) is 4.28. The van der Waals surface area contributed by atoms with Gasteiger partial charge in [-0.3, -0.25) is 14.4 Å². The number of hydrogen-bond donors (Lipinski definition) is 2. The van der Waals surface area contributed by atoms with E-state index in [9.17, 15) is 24.3 Å². The minimum Gasteiger partial charge on any atom is -0.545 e. The molecule has 0 radical (unpaired) electrons. The maximum Gasteiger partial charge on any atom is 0.283 e. The Hall–Kier alpha value is -4.05. The second-order valence-electron chi connectivity index (χ2n) is 7.99. The number of nitrogens with zero attached hydrogens (tertiary/aromatic N) is 1. The molecule has 3 aromatic carbocycles. The van der Waals surface area contributed by atoms with Gasteiger partial charge in [-0.15, -0.1) is 0 Å². The lowest BCUT2D eigenvalue weighted by Gasteiger charge is -2.18. The predicted octanol–water partition coefficient (Wildman–Crippen LogP) is 4.36. The van der Waals surface area contributed by atoms with Crippen molar-refractivity contribution in [3.05, 3.63) is 92.1 Å². The van der Waals surface area contributed by atoms with Crippen molar-refractivity contribution < 1.29 is 29.0 Å². The molecule has 1 heterocycles. The normalized spacial score (nSPS) is 13.1. The standard InChI is InChI=1S/C26H18Cl3N3O6/c1-12-16(27)4-3-5-19(12)32-24(34)21(29)22(25(32)35)30-14-8-6-13(7-9-14)23(33)31-18-11-20(38-2)15(26(36)37)10-17(18)28/h3-11,30H,1-2H3,(H,31,33)(H,36,37)/p-1. The van der Waals surface area contributed by atoms with Crippen LogP contribution < -0.4 is 25.4 Å². The highest BCUT2D eigenvalue weighted by atomic mass is 35.5. The fraction of sp³-hybridized carbons (Fsp3) is 0.0769. The average molecular weight is 574 g/mol. The van der Waals surface area contributed by atoms with Gasteiger partial charge in [0, 0.05) is 27.9 Å². The fourth-order valence-electron chi connectivity index (χ4n) is 3.69. The molecule has 0 saturated heterocycles. The molecule has 0 atom stereocenters. The summed E-state index contributed by atoms with van der Waals surface area (Å²) in [7, 11) is 1.27. The Balaban J connectivity index is 1.51. The highest BCUT2D eigenvalue weighted by Gasteiger charge is 2.39. The number of carboxylic acids is 1. The van der Waals surface area contributed by atoms with E-state index in [4.69, 9.17) is 39.5 Å². The summed E-state index contributed by atoms with van der Waals surface area (Å²) in [5.74, 6) is -3.41. The van der Waals surface area contributed by atoms with Gasteiger partial charge in [0.25, 0.3) is 17.7 Å². The van der Waals surface area contributed by atoms with Crippen LogP contribution in [0.15, 0.2) is 65.3 Å². The number of anilines is 3. The van der Waals surface area contributed by atoms with Crippen molar-refractivity contribution >= 4 is 75.6 Å². The van der Waals surface area contributed by atoms with Gasteiger partial charge in [-0.05, 0) is 55.0 Å². The van der Waals surface area contributed by atoms with Crippen LogP contribution in [0.1, 0.15) is 26.3 Å². The third-order valence-electron chi connectivity index (χ3n) is 5.68. The maximum absolute atomic E-state index is 13.1. The van der Waals surface area contributed by atoms with E-state index < -0.39 is 23.7 Å². The first-order valence-corrected chi connectivity index (χ1v) is 12.0. The van der Waals surface area contributed by atoms with Gasteiger partial charge in [0.15, 0.2) is 0 Å². The number of carbonyl (C=O) groups excluding carboxylic acids is 4. The summed E-state index contributed by atoms with van der Waals surface area (Å²) in [5, 5.41) is 16.7. The number of hydrogen-bond acceptors (Lipinski definition) is 7. The van der Waals surface area contributed by atoms with Gasteiger partial charge in [-0.25, -0.2) is 4.90 Å². The number of amides is 3. The summed E-state index contributed by atoms with van der Waals surface area (Å²) in [6, 6.07) is 13.2. The number of carbonyl (C=O) groups is 4. The summed E-state index contributed by atoms with van der Waals surface area (Å²) in [4.78, 5) is 50.7. The van der Waals surface area contributed by atoms with Gasteiger partial charge in [0.1, 0.15) is 16.5 Å². The molecule has 0 aliphatic carbocycles. The molecule has 12 heteroatoms. The van der Waals surface area contributed by atoms with E-state index in [1.165, 1.54) is 37.4 Å². The summed E-state index contributed by atoms with van der Waals surface area (Å²) in [6.45, 7) is 1.68. The van der Waals surface area contributed by atoms with Crippen molar-refractivity contribution in [3.8, 4) is 5.75 Å². The van der Waals surface area contributed by atoms with Crippen molar-refractivity contribution in [2.45, 2.75) is 6.92 Å². The monoisotopic (exact) mass is 572 g/mol. The van der Waals surface area contributed by atoms with Crippen LogP contribution in [0.2, 0.25) is 10.0 Å². The molecule has 0 saturated carbocycles. The molecule has 1 aliphatic rings. The van der Waals surface area contributed by atoms with Crippen LogP contribution in [0.3, 0.4) is 0 Å². The quantitative estimate of drug-likeness (QED) is 0.402. The van der Waals surface area contributed by atoms with Crippen molar-refractivity contribution in [3.63, 3.8) is 0 Å². The lowest BCUT2D eigenvalue weighted by molar-refractivity contribution is -0.255. The number of nitrogens with one attached hydrogen (secondary N) is 2. The lowest BCUT2D eigenvalue weighted by atomic mass is 10.1. The van der Waals surface area contributed by atoms with E-state index in [1.54, 1.807) is 25.1 Å². The van der Waals surface area contributed by atoms with Gasteiger partial charge >= 0.3 is 0 Å². The predicted molar refractivity (Wildman–Crippen MR) is 142 cm³/mol. The molecule has 0 unspecified atom stereocenters. The summed E-state index contributed by atoms with van der Waals surface area (Å²) < 4.78 is 5.03. The van der Waals surface area contributed by atoms with Gasteiger partial charge in [-0.1, -0.05) is 40.9 Å². The van der Waals surface area contributed by atoms with Crippen LogP contribution in [0.5, 0.6) is 5.75 Å². The minimum absolute atomic E-state index is 0.0258. The highest BCUT2D eigenvalue weighted by Crippen LogP contribution is 2.34. The Morgan fingerprint density at radius 3 is 2.26 bits per heavy atom. The number of rotatable bonds is 7. The lowest BCUT2D eigenvalue weighted by Crippen LogP contribution is -2.32. The van der Waals surface area contributed by atoms with Crippen LogP contribution in [0.25, 0.3) is 0 Å². The van der Waals surface area contributed by atoms with E-state index >= 15 is 0 Å². The number of imide groups is 1. The SMILES string of the molecule is COc1cc(NC(=O)c2ccc(NC3=C(Cl)C(=O)N(c4cccc(Cl)c4C)C3=O)cc2)c(Cl)cc1C(=O)[O-]. The number of halogens is 3.